The molecule has 0 aromatic heterocycles. The largest absolute Gasteiger partial charge is 0.479 e. The minimum atomic E-state index is -1.21. The van der Waals surface area contributed by atoms with Gasteiger partial charge in [0.1, 0.15) is 5.54 Å². The number of likely N-dealkylation sites (N-methyl/N-ethyl adjacent to an activating group) is 1. The first-order valence-electron chi connectivity index (χ1n) is 3.45. The second-order valence-corrected chi connectivity index (χ2v) is 3.13. The van der Waals surface area contributed by atoms with Crippen molar-refractivity contribution in [3.8, 4) is 0 Å². The molecule has 0 aliphatic rings. The lowest BCUT2D eigenvalue weighted by atomic mass is 10.0. The Labute approximate surface area is 77.0 Å². The zero-order valence-electron chi connectivity index (χ0n) is 7.37. The summed E-state index contributed by atoms with van der Waals surface area (Å²) in [5.74, 6) is -1.23. The average Bonchev–Trinajstić information content (AvgIpc) is 2.01. The van der Waals surface area contributed by atoms with Crippen molar-refractivity contribution in [1.29, 1.82) is 0 Å². The van der Waals surface area contributed by atoms with E-state index in [1.54, 1.807) is 0 Å². The monoisotopic (exact) mass is 191 g/mol. The number of carbonyl (C=O) groups is 2. The van der Waals surface area contributed by atoms with Crippen molar-refractivity contribution in [2.45, 2.75) is 19.4 Å². The van der Waals surface area contributed by atoms with E-state index >= 15 is 0 Å². The fraction of sp³-hybridized carbons (Fsp3) is 0.714. The van der Waals surface area contributed by atoms with Gasteiger partial charge in [-0.05, 0) is 6.92 Å². The van der Waals surface area contributed by atoms with Crippen LogP contribution in [-0.4, -0.2) is 40.2 Å². The van der Waals surface area contributed by atoms with Crippen LogP contribution < -0.4 is 0 Å². The van der Waals surface area contributed by atoms with Crippen molar-refractivity contribution < 1.29 is 14.7 Å². The van der Waals surface area contributed by atoms with Crippen LogP contribution in [0, 0.1) is 0 Å². The number of rotatable bonds is 3. The molecule has 0 heterocycles. The van der Waals surface area contributed by atoms with Crippen molar-refractivity contribution in [3.05, 3.63) is 0 Å². The number of carboxylic acid groups (broad SMARTS) is 1. The van der Waals surface area contributed by atoms with E-state index < -0.39 is 11.5 Å². The average molecular weight is 191 g/mol. The highest BCUT2D eigenvalue weighted by atomic mass is 32.1. The van der Waals surface area contributed by atoms with E-state index in [2.05, 4.69) is 12.6 Å². The summed E-state index contributed by atoms with van der Waals surface area (Å²) in [6.07, 6.45) is 0. The van der Waals surface area contributed by atoms with Gasteiger partial charge in [-0.25, -0.2) is 4.79 Å². The van der Waals surface area contributed by atoms with Gasteiger partial charge in [0, 0.05) is 19.7 Å². The Morgan fingerprint density at radius 1 is 1.58 bits per heavy atom. The molecule has 0 saturated heterocycles. The second kappa shape index (κ2) is 3.80. The van der Waals surface area contributed by atoms with E-state index in [0.29, 0.717) is 0 Å². The number of hydrogen-bond donors (Lipinski definition) is 2. The highest BCUT2D eigenvalue weighted by molar-refractivity contribution is 7.80. The molecule has 0 unspecified atom stereocenters. The Morgan fingerprint density at radius 3 is 2.08 bits per heavy atom. The van der Waals surface area contributed by atoms with Crippen molar-refractivity contribution in [3.63, 3.8) is 0 Å². The third kappa shape index (κ3) is 1.91. The fourth-order valence-electron chi connectivity index (χ4n) is 0.665. The van der Waals surface area contributed by atoms with Gasteiger partial charge in [0.05, 0.1) is 0 Å². The molecule has 1 atom stereocenters. The molecule has 0 rings (SSSR count). The van der Waals surface area contributed by atoms with Crippen LogP contribution in [0.2, 0.25) is 0 Å². The molecule has 0 saturated carbocycles. The smallest absolute Gasteiger partial charge is 0.330 e. The van der Waals surface area contributed by atoms with Gasteiger partial charge < -0.3 is 10.0 Å². The fourth-order valence-corrected chi connectivity index (χ4v) is 1.01. The maximum atomic E-state index is 10.9. The van der Waals surface area contributed by atoms with Gasteiger partial charge in [0.2, 0.25) is 5.91 Å². The van der Waals surface area contributed by atoms with Crippen LogP contribution in [-0.2, 0) is 9.59 Å². The van der Waals surface area contributed by atoms with Gasteiger partial charge in [-0.1, -0.05) is 0 Å². The van der Waals surface area contributed by atoms with Crippen molar-refractivity contribution in [2.75, 3.05) is 12.8 Å². The summed E-state index contributed by atoms with van der Waals surface area (Å²) in [5.41, 5.74) is -1.21. The predicted molar refractivity (Wildman–Crippen MR) is 48.3 cm³/mol. The Hall–Kier alpha value is -0.710. The van der Waals surface area contributed by atoms with E-state index in [1.807, 2.05) is 0 Å². The van der Waals surface area contributed by atoms with Gasteiger partial charge in [0.25, 0.3) is 0 Å². The molecule has 0 spiro atoms. The molecule has 0 aromatic carbocycles. The summed E-state index contributed by atoms with van der Waals surface area (Å²) in [7, 11) is 1.45. The first kappa shape index (κ1) is 11.3. The molecule has 0 aromatic rings. The SMILES string of the molecule is CC(=O)N(C)[C@@](C)(CS)C(=O)O. The molecule has 1 N–H and O–H groups in total. The van der Waals surface area contributed by atoms with Gasteiger partial charge in [-0.3, -0.25) is 4.79 Å². The molecule has 0 aliphatic heterocycles. The highest BCUT2D eigenvalue weighted by Gasteiger charge is 2.37. The van der Waals surface area contributed by atoms with E-state index in [4.69, 9.17) is 5.11 Å². The number of aliphatic carboxylic acids is 1. The van der Waals surface area contributed by atoms with Crippen LogP contribution >= 0.6 is 12.6 Å². The van der Waals surface area contributed by atoms with E-state index in [1.165, 1.54) is 25.8 Å². The van der Waals surface area contributed by atoms with E-state index in [0.717, 1.165) is 0 Å². The minimum absolute atomic E-state index is 0.0956. The number of thiol groups is 1. The number of hydrogen-bond acceptors (Lipinski definition) is 3. The summed E-state index contributed by atoms with van der Waals surface area (Å²) in [4.78, 5) is 22.8. The number of carbonyl (C=O) groups excluding carboxylic acids is 1. The van der Waals surface area contributed by atoms with Crippen LogP contribution in [0.3, 0.4) is 0 Å². The maximum absolute atomic E-state index is 10.9. The number of carboxylic acids is 1. The minimum Gasteiger partial charge on any atom is -0.479 e. The van der Waals surface area contributed by atoms with Gasteiger partial charge in [0.15, 0.2) is 0 Å². The lowest BCUT2D eigenvalue weighted by molar-refractivity contribution is -0.154. The summed E-state index contributed by atoms with van der Waals surface area (Å²) in [6, 6.07) is 0. The predicted octanol–water partition coefficient (Wildman–Crippen LogP) is 0.238. The number of amides is 1. The molecule has 0 radical (unpaired) electrons. The van der Waals surface area contributed by atoms with Gasteiger partial charge in [-0.15, -0.1) is 0 Å². The Bertz CT molecular complexity index is 207. The summed E-state index contributed by atoms with van der Waals surface area (Å²) in [5, 5.41) is 8.81. The number of nitrogens with zero attached hydrogens (tertiary/aromatic N) is 1. The second-order valence-electron chi connectivity index (χ2n) is 2.82. The van der Waals surface area contributed by atoms with E-state index in [-0.39, 0.29) is 11.7 Å². The third-order valence-corrected chi connectivity index (χ3v) is 2.60. The Morgan fingerprint density at radius 2 is 2.00 bits per heavy atom. The molecule has 0 fully saturated rings. The molecule has 0 bridgehead atoms. The van der Waals surface area contributed by atoms with Crippen LogP contribution in [0.15, 0.2) is 0 Å². The zero-order chi connectivity index (χ0) is 9.94. The van der Waals surface area contributed by atoms with Crippen LogP contribution in [0.25, 0.3) is 0 Å². The maximum Gasteiger partial charge on any atom is 0.330 e. The molecular formula is C7H13NO3S. The third-order valence-electron chi connectivity index (χ3n) is 1.98. The zero-order valence-corrected chi connectivity index (χ0v) is 8.26. The summed E-state index contributed by atoms with van der Waals surface area (Å²) in [6.45, 7) is 2.79. The first-order chi connectivity index (χ1) is 5.36. The van der Waals surface area contributed by atoms with Crippen LogP contribution in [0.1, 0.15) is 13.8 Å². The Kier molecular flexibility index (Phi) is 3.57. The van der Waals surface area contributed by atoms with Crippen molar-refractivity contribution in [1.82, 2.24) is 4.90 Å². The van der Waals surface area contributed by atoms with Crippen LogP contribution in [0.5, 0.6) is 0 Å². The molecule has 4 nitrogen and oxygen atoms in total. The van der Waals surface area contributed by atoms with E-state index in [9.17, 15) is 9.59 Å². The standard InChI is InChI=1S/C7H13NO3S/c1-5(9)8(3)7(2,4-12)6(10)11/h12H,4H2,1-3H3,(H,10,11)/t7-/m0/s1. The topological polar surface area (TPSA) is 57.6 Å². The Balaban J connectivity index is 4.75. The summed E-state index contributed by atoms with van der Waals surface area (Å²) >= 11 is 3.90. The molecular weight excluding hydrogens is 178 g/mol. The molecule has 0 aliphatic carbocycles. The summed E-state index contributed by atoms with van der Waals surface area (Å²) < 4.78 is 0. The van der Waals surface area contributed by atoms with Crippen molar-refractivity contribution >= 4 is 24.5 Å². The van der Waals surface area contributed by atoms with Gasteiger partial charge in [-0.2, -0.15) is 12.6 Å². The van der Waals surface area contributed by atoms with Crippen molar-refractivity contribution in [2.24, 2.45) is 0 Å². The quantitative estimate of drug-likeness (QED) is 0.628. The molecule has 12 heavy (non-hydrogen) atoms. The molecule has 1 amide bonds. The first-order valence-corrected chi connectivity index (χ1v) is 4.08. The lowest BCUT2D eigenvalue weighted by Gasteiger charge is -2.32. The van der Waals surface area contributed by atoms with Crippen LogP contribution in [0.4, 0.5) is 0 Å². The molecule has 5 heteroatoms. The lowest BCUT2D eigenvalue weighted by Crippen LogP contribution is -2.53. The molecule has 70 valence electrons. The van der Waals surface area contributed by atoms with Gasteiger partial charge >= 0.3 is 5.97 Å². The highest BCUT2D eigenvalue weighted by Crippen LogP contribution is 2.15. The normalized spacial score (nSPS) is 15.0.